The highest BCUT2D eigenvalue weighted by Crippen LogP contribution is 2.29. The molecule has 0 saturated carbocycles. The maximum absolute atomic E-state index is 12.9. The van der Waals surface area contributed by atoms with Crippen molar-refractivity contribution >= 4 is 72.1 Å². The van der Waals surface area contributed by atoms with Gasteiger partial charge in [-0.2, -0.15) is 0 Å². The molecule has 39 heavy (non-hydrogen) atoms. The number of hydrogen-bond acceptors (Lipinski definition) is 5. The van der Waals surface area contributed by atoms with Gasteiger partial charge in [0.05, 0.1) is 16.3 Å². The fraction of sp³-hybridized carbons (Fsp3) is 0.269. The van der Waals surface area contributed by atoms with Crippen molar-refractivity contribution in [1.29, 1.82) is 0 Å². The third kappa shape index (κ3) is 7.25. The van der Waals surface area contributed by atoms with Gasteiger partial charge >= 0.3 is 0 Å². The summed E-state index contributed by atoms with van der Waals surface area (Å²) >= 11 is 18.3. The molecule has 0 aliphatic carbocycles. The van der Waals surface area contributed by atoms with Crippen molar-refractivity contribution in [2.75, 3.05) is 23.1 Å². The summed E-state index contributed by atoms with van der Waals surface area (Å²) in [5, 5.41) is 3.77. The molecular formula is C26H26Cl3N3O5S2. The van der Waals surface area contributed by atoms with Crippen LogP contribution in [0.4, 0.5) is 11.4 Å². The minimum Gasteiger partial charge on any atom is -0.326 e. The van der Waals surface area contributed by atoms with Crippen LogP contribution in [-0.2, 0) is 30.6 Å². The van der Waals surface area contributed by atoms with E-state index < -0.39 is 26.0 Å². The summed E-state index contributed by atoms with van der Waals surface area (Å²) in [4.78, 5) is 12.9. The highest BCUT2D eigenvalue weighted by atomic mass is 35.5. The first-order chi connectivity index (χ1) is 18.4. The standard InChI is InChI=1S/C26H26Cl3N3O5S2/c1-17-5-6-19(27)15-25(17)31-39(36,37)21-9-7-20(8-10-21)30-26(33)18-11-13-32(14-12-18)38(34,35)16-22-23(28)3-2-4-24(22)29/h2-10,15,18,31H,11-14,16H2,1H3,(H,30,33). The van der Waals surface area contributed by atoms with Gasteiger partial charge in [0.1, 0.15) is 0 Å². The van der Waals surface area contributed by atoms with Gasteiger partial charge in [0.15, 0.2) is 0 Å². The van der Waals surface area contributed by atoms with Crippen molar-refractivity contribution in [2.45, 2.75) is 30.4 Å². The Balaban J connectivity index is 1.34. The van der Waals surface area contributed by atoms with Gasteiger partial charge in [-0.1, -0.05) is 46.9 Å². The molecule has 1 saturated heterocycles. The number of nitrogens with one attached hydrogen (secondary N) is 2. The van der Waals surface area contributed by atoms with E-state index in [1.165, 1.54) is 34.6 Å². The number of rotatable bonds is 8. The smallest absolute Gasteiger partial charge is 0.261 e. The largest absolute Gasteiger partial charge is 0.326 e. The Morgan fingerprint density at radius 2 is 1.54 bits per heavy atom. The molecule has 2 N–H and O–H groups in total. The summed E-state index contributed by atoms with van der Waals surface area (Å²) in [5.41, 5.74) is 1.88. The number of hydrogen-bond donors (Lipinski definition) is 2. The van der Waals surface area contributed by atoms with Crippen LogP contribution in [0.1, 0.15) is 24.0 Å². The fourth-order valence-corrected chi connectivity index (χ4v) is 7.82. The number of piperidine rings is 1. The lowest BCUT2D eigenvalue weighted by atomic mass is 9.97. The zero-order valence-electron chi connectivity index (χ0n) is 20.8. The van der Waals surface area contributed by atoms with Crippen LogP contribution in [0.25, 0.3) is 0 Å². The second-order valence-electron chi connectivity index (χ2n) is 9.21. The van der Waals surface area contributed by atoms with Crippen molar-refractivity contribution < 1.29 is 21.6 Å². The summed E-state index contributed by atoms with van der Waals surface area (Å²) in [6, 6.07) is 15.6. The average Bonchev–Trinajstić information content (AvgIpc) is 2.89. The van der Waals surface area contributed by atoms with Crippen molar-refractivity contribution in [3.63, 3.8) is 0 Å². The third-order valence-electron chi connectivity index (χ3n) is 6.48. The van der Waals surface area contributed by atoms with E-state index in [-0.39, 0.29) is 39.7 Å². The zero-order valence-corrected chi connectivity index (χ0v) is 24.7. The number of anilines is 2. The molecule has 0 spiro atoms. The van der Waals surface area contributed by atoms with Crippen LogP contribution in [0.2, 0.25) is 15.1 Å². The molecule has 4 rings (SSSR count). The number of amides is 1. The molecule has 3 aromatic carbocycles. The highest BCUT2D eigenvalue weighted by Gasteiger charge is 2.32. The van der Waals surface area contributed by atoms with Gasteiger partial charge in [-0.15, -0.1) is 0 Å². The van der Waals surface area contributed by atoms with E-state index in [0.717, 1.165) is 5.56 Å². The first kappa shape index (κ1) is 29.6. The van der Waals surface area contributed by atoms with E-state index >= 15 is 0 Å². The Bertz CT molecular complexity index is 1570. The highest BCUT2D eigenvalue weighted by molar-refractivity contribution is 7.92. The Kier molecular flexibility index (Phi) is 9.15. The minimum absolute atomic E-state index is 0.0250. The molecule has 0 aromatic heterocycles. The molecule has 13 heteroatoms. The molecule has 3 aromatic rings. The van der Waals surface area contributed by atoms with Gasteiger partial charge in [-0.3, -0.25) is 9.52 Å². The number of carbonyl (C=O) groups is 1. The van der Waals surface area contributed by atoms with Crippen LogP contribution in [0.3, 0.4) is 0 Å². The summed E-state index contributed by atoms with van der Waals surface area (Å²) < 4.78 is 55.4. The molecule has 208 valence electrons. The molecule has 0 bridgehead atoms. The first-order valence-electron chi connectivity index (χ1n) is 12.0. The quantitative estimate of drug-likeness (QED) is 0.320. The molecule has 1 amide bonds. The molecule has 0 unspecified atom stereocenters. The Labute approximate surface area is 243 Å². The molecule has 1 aliphatic rings. The lowest BCUT2D eigenvalue weighted by molar-refractivity contribution is -0.120. The number of halogens is 3. The normalized spacial score (nSPS) is 15.2. The minimum atomic E-state index is -3.87. The van der Waals surface area contributed by atoms with Gasteiger partial charge in [0.25, 0.3) is 10.0 Å². The Hall–Kier alpha value is -2.34. The number of sulfonamides is 2. The van der Waals surface area contributed by atoms with E-state index in [4.69, 9.17) is 34.8 Å². The molecule has 1 aliphatic heterocycles. The molecule has 0 atom stereocenters. The molecule has 1 heterocycles. The lowest BCUT2D eigenvalue weighted by Crippen LogP contribution is -2.42. The lowest BCUT2D eigenvalue weighted by Gasteiger charge is -2.30. The molecular weight excluding hydrogens is 605 g/mol. The van der Waals surface area contributed by atoms with Crippen LogP contribution in [0.15, 0.2) is 65.6 Å². The van der Waals surface area contributed by atoms with Crippen LogP contribution >= 0.6 is 34.8 Å². The zero-order chi connectivity index (χ0) is 28.4. The van der Waals surface area contributed by atoms with Gasteiger partial charge in [-0.25, -0.2) is 21.1 Å². The van der Waals surface area contributed by atoms with Gasteiger partial charge in [0.2, 0.25) is 15.9 Å². The van der Waals surface area contributed by atoms with Crippen LogP contribution in [-0.4, -0.2) is 40.1 Å². The summed E-state index contributed by atoms with van der Waals surface area (Å²) in [6.07, 6.45) is 0.688. The Morgan fingerprint density at radius 3 is 2.15 bits per heavy atom. The predicted octanol–water partition coefficient (Wildman–Crippen LogP) is 5.94. The number of aryl methyl sites for hydroxylation is 1. The molecule has 0 radical (unpaired) electrons. The first-order valence-corrected chi connectivity index (χ1v) is 16.2. The summed E-state index contributed by atoms with van der Waals surface area (Å²) in [6.45, 7) is 2.14. The predicted molar refractivity (Wildman–Crippen MR) is 155 cm³/mol. The van der Waals surface area contributed by atoms with E-state index in [0.29, 0.717) is 34.8 Å². The number of nitrogens with zero attached hydrogens (tertiary/aromatic N) is 1. The van der Waals surface area contributed by atoms with Gasteiger partial charge < -0.3 is 5.32 Å². The Morgan fingerprint density at radius 1 is 0.923 bits per heavy atom. The number of carbonyl (C=O) groups excluding carboxylic acids is 1. The van der Waals surface area contributed by atoms with Crippen LogP contribution in [0, 0.1) is 12.8 Å². The van der Waals surface area contributed by atoms with Crippen molar-refractivity contribution in [3.05, 3.63) is 86.9 Å². The van der Waals surface area contributed by atoms with E-state index in [1.54, 1.807) is 37.3 Å². The summed E-state index contributed by atoms with van der Waals surface area (Å²) in [7, 11) is -7.54. The fourth-order valence-electron chi connectivity index (χ4n) is 4.21. The van der Waals surface area contributed by atoms with Gasteiger partial charge in [-0.05, 0) is 73.9 Å². The monoisotopic (exact) mass is 629 g/mol. The van der Waals surface area contributed by atoms with E-state index in [9.17, 15) is 21.6 Å². The maximum Gasteiger partial charge on any atom is 0.261 e. The SMILES string of the molecule is Cc1ccc(Cl)cc1NS(=O)(=O)c1ccc(NC(=O)C2CCN(S(=O)(=O)Cc3c(Cl)cccc3Cl)CC2)cc1. The molecule has 8 nitrogen and oxygen atoms in total. The molecule has 1 fully saturated rings. The van der Waals surface area contributed by atoms with Crippen LogP contribution < -0.4 is 10.0 Å². The maximum atomic E-state index is 12.9. The van der Waals surface area contributed by atoms with Crippen molar-refractivity contribution in [3.8, 4) is 0 Å². The van der Waals surface area contributed by atoms with E-state index in [1.807, 2.05) is 0 Å². The second kappa shape index (κ2) is 12.0. The third-order valence-corrected chi connectivity index (χ3v) is 10.6. The average molecular weight is 631 g/mol. The summed E-state index contributed by atoms with van der Waals surface area (Å²) in [5.74, 6) is -0.968. The van der Waals surface area contributed by atoms with Crippen molar-refractivity contribution in [2.24, 2.45) is 5.92 Å². The van der Waals surface area contributed by atoms with E-state index in [2.05, 4.69) is 10.0 Å². The second-order valence-corrected chi connectivity index (χ2v) is 14.1. The number of benzene rings is 3. The van der Waals surface area contributed by atoms with Crippen LogP contribution in [0.5, 0.6) is 0 Å². The van der Waals surface area contributed by atoms with Gasteiger partial charge in [0, 0.05) is 45.3 Å². The van der Waals surface area contributed by atoms with Crippen molar-refractivity contribution in [1.82, 2.24) is 4.31 Å². The topological polar surface area (TPSA) is 113 Å².